The van der Waals surface area contributed by atoms with Crippen LogP contribution in [0.3, 0.4) is 0 Å². The molecule has 148 valence electrons. The van der Waals surface area contributed by atoms with Gasteiger partial charge in [0.2, 0.25) is 10.0 Å². The van der Waals surface area contributed by atoms with Crippen LogP contribution in [0, 0.1) is 5.41 Å². The van der Waals surface area contributed by atoms with Crippen LogP contribution in [0.1, 0.15) is 45.1 Å². The molecule has 0 unspecified atom stereocenters. The lowest BCUT2D eigenvalue weighted by Gasteiger charge is -2.40. The summed E-state index contributed by atoms with van der Waals surface area (Å²) in [5, 5.41) is 11.8. The normalized spacial score (nSPS) is 16.3. The molecule has 1 aliphatic carbocycles. The number of nitrogens with zero attached hydrogens (tertiary/aromatic N) is 1. The van der Waals surface area contributed by atoms with Crippen LogP contribution in [-0.2, 0) is 16.4 Å². The van der Waals surface area contributed by atoms with Gasteiger partial charge in [-0.3, -0.25) is 4.99 Å². The molecule has 1 fully saturated rings. The molecule has 4 N–H and O–H groups in total. The first-order valence-electron chi connectivity index (χ1n) is 9.02. The fourth-order valence-electron chi connectivity index (χ4n) is 3.06. The number of nitrogens with one attached hydrogen (secondary N) is 2. The predicted molar refractivity (Wildman–Crippen MR) is 117 cm³/mol. The summed E-state index contributed by atoms with van der Waals surface area (Å²) in [7, 11) is -3.63. The number of guanidine groups is 1. The minimum absolute atomic E-state index is 0. The Balaban J connectivity index is 0.00000338. The maximum Gasteiger partial charge on any atom is 0.238 e. The number of hydrogen-bond acceptors (Lipinski definition) is 3. The standard InChI is InChI=1S/C18H30N4O2S.HI/c1-3-18(11-5-12-18)14-22-17(20-4-2)21-13-10-15-6-8-16(9-7-15)25(19,23)24;/h6-9H,3-5,10-14H2,1-2H3,(H2,19,23,24)(H2,20,21,22);1H. The van der Waals surface area contributed by atoms with Gasteiger partial charge in [0.05, 0.1) is 4.90 Å². The molecular weight excluding hydrogens is 463 g/mol. The fourth-order valence-corrected chi connectivity index (χ4v) is 3.58. The van der Waals surface area contributed by atoms with Crippen LogP contribution in [-0.4, -0.2) is 34.0 Å². The smallest absolute Gasteiger partial charge is 0.238 e. The molecule has 26 heavy (non-hydrogen) atoms. The molecule has 1 aliphatic rings. The van der Waals surface area contributed by atoms with E-state index in [1.54, 1.807) is 24.3 Å². The van der Waals surface area contributed by atoms with Gasteiger partial charge in [0.1, 0.15) is 0 Å². The van der Waals surface area contributed by atoms with Crippen molar-refractivity contribution in [2.24, 2.45) is 15.5 Å². The molecule has 8 heteroatoms. The number of benzene rings is 1. The average Bonchev–Trinajstić information content (AvgIpc) is 2.54. The Bertz CT molecular complexity index is 680. The molecule has 2 rings (SSSR count). The first kappa shape index (κ1) is 23.2. The zero-order valence-corrected chi connectivity index (χ0v) is 18.8. The van der Waals surface area contributed by atoms with E-state index in [0.717, 1.165) is 37.6 Å². The van der Waals surface area contributed by atoms with Crippen molar-refractivity contribution >= 4 is 40.0 Å². The Morgan fingerprint density at radius 3 is 2.31 bits per heavy atom. The summed E-state index contributed by atoms with van der Waals surface area (Å²) in [6.45, 7) is 6.75. The Morgan fingerprint density at radius 1 is 1.19 bits per heavy atom. The molecule has 1 saturated carbocycles. The van der Waals surface area contributed by atoms with Crippen LogP contribution in [0.5, 0.6) is 0 Å². The van der Waals surface area contributed by atoms with Gasteiger partial charge in [0, 0.05) is 19.6 Å². The van der Waals surface area contributed by atoms with E-state index in [1.165, 1.54) is 25.7 Å². The highest BCUT2D eigenvalue weighted by atomic mass is 127. The molecule has 0 aliphatic heterocycles. The summed E-state index contributed by atoms with van der Waals surface area (Å²) in [6.07, 6.45) is 5.86. The molecule has 0 bridgehead atoms. The third kappa shape index (κ3) is 6.70. The topological polar surface area (TPSA) is 96.6 Å². The summed E-state index contributed by atoms with van der Waals surface area (Å²) in [5.41, 5.74) is 1.46. The number of aliphatic imine (C=N–C) groups is 1. The Morgan fingerprint density at radius 2 is 1.85 bits per heavy atom. The molecular formula is C18H31IN4O2S. The van der Waals surface area contributed by atoms with Crippen LogP contribution < -0.4 is 15.8 Å². The van der Waals surface area contributed by atoms with Gasteiger partial charge in [-0.25, -0.2) is 13.6 Å². The molecule has 0 heterocycles. The zero-order chi connectivity index (χ0) is 18.3. The molecule has 0 amide bonds. The third-order valence-electron chi connectivity index (χ3n) is 5.04. The number of rotatable bonds is 8. The van der Waals surface area contributed by atoms with Crippen LogP contribution in [0.25, 0.3) is 0 Å². The van der Waals surface area contributed by atoms with E-state index in [4.69, 9.17) is 10.1 Å². The molecule has 1 aromatic carbocycles. The van der Waals surface area contributed by atoms with E-state index in [-0.39, 0.29) is 28.9 Å². The maximum atomic E-state index is 11.3. The molecule has 6 nitrogen and oxygen atoms in total. The average molecular weight is 494 g/mol. The summed E-state index contributed by atoms with van der Waals surface area (Å²) < 4.78 is 22.5. The minimum atomic E-state index is -3.63. The monoisotopic (exact) mass is 494 g/mol. The predicted octanol–water partition coefficient (Wildman–Crippen LogP) is 2.63. The van der Waals surface area contributed by atoms with Gasteiger partial charge in [-0.1, -0.05) is 25.5 Å². The van der Waals surface area contributed by atoms with E-state index in [9.17, 15) is 8.42 Å². The Kier molecular flexibility index (Phi) is 9.32. The highest BCUT2D eigenvalue weighted by Gasteiger charge is 2.34. The van der Waals surface area contributed by atoms with Gasteiger partial charge in [-0.05, 0) is 55.7 Å². The van der Waals surface area contributed by atoms with Crippen molar-refractivity contribution in [3.05, 3.63) is 29.8 Å². The highest BCUT2D eigenvalue weighted by molar-refractivity contribution is 14.0. The van der Waals surface area contributed by atoms with E-state index in [1.807, 2.05) is 0 Å². The van der Waals surface area contributed by atoms with Crippen molar-refractivity contribution in [1.29, 1.82) is 0 Å². The third-order valence-corrected chi connectivity index (χ3v) is 5.97. The SMILES string of the molecule is CCNC(=NCC1(CC)CCC1)NCCc1ccc(S(N)(=O)=O)cc1.I. The lowest BCUT2D eigenvalue weighted by Crippen LogP contribution is -2.40. The van der Waals surface area contributed by atoms with Gasteiger partial charge in [0.15, 0.2) is 5.96 Å². The second-order valence-corrected chi connectivity index (χ2v) is 8.33. The Labute approximate surface area is 174 Å². The highest BCUT2D eigenvalue weighted by Crippen LogP contribution is 2.43. The van der Waals surface area contributed by atoms with Crippen LogP contribution >= 0.6 is 24.0 Å². The van der Waals surface area contributed by atoms with Crippen molar-refractivity contribution in [3.63, 3.8) is 0 Å². The van der Waals surface area contributed by atoms with Crippen molar-refractivity contribution in [1.82, 2.24) is 10.6 Å². The first-order chi connectivity index (χ1) is 11.9. The first-order valence-corrected chi connectivity index (χ1v) is 10.6. The molecule has 0 radical (unpaired) electrons. The largest absolute Gasteiger partial charge is 0.357 e. The number of primary sulfonamides is 1. The van der Waals surface area contributed by atoms with Gasteiger partial charge >= 0.3 is 0 Å². The van der Waals surface area contributed by atoms with Crippen LogP contribution in [0.15, 0.2) is 34.2 Å². The summed E-state index contributed by atoms with van der Waals surface area (Å²) in [6, 6.07) is 6.69. The molecule has 0 atom stereocenters. The number of halogens is 1. The fraction of sp³-hybridized carbons (Fsp3) is 0.611. The number of hydrogen-bond donors (Lipinski definition) is 3. The molecule has 0 spiro atoms. The van der Waals surface area contributed by atoms with E-state index < -0.39 is 10.0 Å². The summed E-state index contributed by atoms with van der Waals surface area (Å²) >= 11 is 0. The van der Waals surface area contributed by atoms with Crippen molar-refractivity contribution in [3.8, 4) is 0 Å². The van der Waals surface area contributed by atoms with Crippen molar-refractivity contribution in [2.75, 3.05) is 19.6 Å². The molecule has 0 aromatic heterocycles. The van der Waals surface area contributed by atoms with Crippen LogP contribution in [0.4, 0.5) is 0 Å². The summed E-state index contributed by atoms with van der Waals surface area (Å²) in [5.74, 6) is 0.850. The molecule has 0 saturated heterocycles. The minimum Gasteiger partial charge on any atom is -0.357 e. The molecule has 1 aromatic rings. The summed E-state index contributed by atoms with van der Waals surface area (Å²) in [4.78, 5) is 4.90. The van der Waals surface area contributed by atoms with E-state index in [0.29, 0.717) is 5.41 Å². The van der Waals surface area contributed by atoms with Crippen LogP contribution in [0.2, 0.25) is 0 Å². The number of nitrogens with two attached hydrogens (primary N) is 1. The van der Waals surface area contributed by atoms with Crippen molar-refractivity contribution < 1.29 is 8.42 Å². The maximum absolute atomic E-state index is 11.3. The lowest BCUT2D eigenvalue weighted by molar-refractivity contribution is 0.139. The van der Waals surface area contributed by atoms with Gasteiger partial charge in [0.25, 0.3) is 0 Å². The zero-order valence-electron chi connectivity index (χ0n) is 15.6. The Hall–Kier alpha value is -0.870. The van der Waals surface area contributed by atoms with E-state index in [2.05, 4.69) is 24.5 Å². The van der Waals surface area contributed by atoms with E-state index >= 15 is 0 Å². The van der Waals surface area contributed by atoms with Gasteiger partial charge < -0.3 is 10.6 Å². The number of sulfonamides is 1. The van der Waals surface area contributed by atoms with Crippen molar-refractivity contribution in [2.45, 2.75) is 50.8 Å². The second kappa shape index (κ2) is 10.5. The van der Waals surface area contributed by atoms with Gasteiger partial charge in [-0.2, -0.15) is 0 Å². The lowest BCUT2D eigenvalue weighted by atomic mass is 9.67. The quantitative estimate of drug-likeness (QED) is 0.294. The second-order valence-electron chi connectivity index (χ2n) is 6.77. The van der Waals surface area contributed by atoms with Gasteiger partial charge in [-0.15, -0.1) is 24.0 Å².